The molecule has 1 saturated carbocycles. The predicted octanol–water partition coefficient (Wildman–Crippen LogP) is 4.93. The smallest absolute Gasteiger partial charge is 0.213 e. The first-order valence-electron chi connectivity index (χ1n) is 7.96. The van der Waals surface area contributed by atoms with Crippen LogP contribution >= 0.6 is 11.6 Å². The lowest BCUT2D eigenvalue weighted by Gasteiger charge is -2.22. The molecule has 23 heavy (non-hydrogen) atoms. The van der Waals surface area contributed by atoms with Gasteiger partial charge in [-0.05, 0) is 38.5 Å². The number of nitrogens with one attached hydrogen (secondary N) is 2. The van der Waals surface area contributed by atoms with E-state index in [1.807, 2.05) is 32.0 Å². The van der Waals surface area contributed by atoms with Crippen LogP contribution in [0.1, 0.15) is 46.0 Å². The largest absolute Gasteiger partial charge is 0.482 e. The van der Waals surface area contributed by atoms with Crippen molar-refractivity contribution in [3.8, 4) is 5.88 Å². The molecule has 0 saturated heterocycles. The van der Waals surface area contributed by atoms with E-state index in [9.17, 15) is 0 Å². The summed E-state index contributed by atoms with van der Waals surface area (Å²) in [4.78, 5) is 4.15. The highest BCUT2D eigenvalue weighted by atomic mass is 35.5. The molecule has 2 N–H and O–H groups in total. The molecule has 1 heterocycles. The van der Waals surface area contributed by atoms with Gasteiger partial charge in [-0.2, -0.15) is 0 Å². The third-order valence-electron chi connectivity index (χ3n) is 2.76. The molecule has 0 aromatic carbocycles. The van der Waals surface area contributed by atoms with Crippen LogP contribution in [0, 0.1) is 10.8 Å². The number of alkyl halides is 1. The maximum atomic E-state index is 6.30. The molecule has 0 bridgehead atoms. The number of hydrogen-bond acceptors (Lipinski definition) is 5. The van der Waals surface area contributed by atoms with Crippen LogP contribution in [0.2, 0.25) is 0 Å². The van der Waals surface area contributed by atoms with E-state index in [1.165, 1.54) is 32.1 Å². The van der Waals surface area contributed by atoms with Crippen molar-refractivity contribution in [3.63, 3.8) is 0 Å². The lowest BCUT2D eigenvalue weighted by molar-refractivity contribution is 0.148. The highest BCUT2D eigenvalue weighted by molar-refractivity contribution is 6.18. The Morgan fingerprint density at radius 1 is 1.26 bits per heavy atom. The number of nitrogens with zero attached hydrogens (tertiary/aromatic N) is 1. The Balaban J connectivity index is 0. The van der Waals surface area contributed by atoms with Gasteiger partial charge >= 0.3 is 0 Å². The van der Waals surface area contributed by atoms with Crippen molar-refractivity contribution in [2.24, 2.45) is 0 Å². The topological polar surface area (TPSA) is 79.1 Å². The lowest BCUT2D eigenvalue weighted by Crippen LogP contribution is -2.19. The van der Waals surface area contributed by atoms with Crippen LogP contribution in [-0.4, -0.2) is 36.7 Å². The van der Waals surface area contributed by atoms with Gasteiger partial charge in [-0.15, -0.1) is 11.6 Å². The molecule has 1 aromatic heterocycles. The van der Waals surface area contributed by atoms with E-state index in [-0.39, 0.29) is 0 Å². The summed E-state index contributed by atoms with van der Waals surface area (Å²) in [6, 6.07) is 5.80. The van der Waals surface area contributed by atoms with Crippen LogP contribution in [0.5, 0.6) is 5.88 Å². The summed E-state index contributed by atoms with van der Waals surface area (Å²) in [6.45, 7) is 6.94. The van der Waals surface area contributed by atoms with Gasteiger partial charge in [0.15, 0.2) is 6.40 Å². The average Bonchev–Trinajstić information content (AvgIpc) is 2.65. The highest BCUT2D eigenvalue weighted by Gasteiger charge is 2.14. The minimum Gasteiger partial charge on any atom is -0.482 e. The van der Waals surface area contributed by atoms with Crippen molar-refractivity contribution < 1.29 is 9.47 Å². The molecular formula is C17H30ClN3O2. The fourth-order valence-electron chi connectivity index (χ4n) is 1.87. The zero-order valence-electron chi connectivity index (χ0n) is 14.3. The molecule has 0 amide bonds. The monoisotopic (exact) mass is 343 g/mol. The highest BCUT2D eigenvalue weighted by Crippen LogP contribution is 2.21. The van der Waals surface area contributed by atoms with Crippen molar-refractivity contribution in [2.45, 2.75) is 52.1 Å². The Kier molecular flexibility index (Phi) is 21.0. The van der Waals surface area contributed by atoms with Gasteiger partial charge < -0.3 is 14.9 Å². The summed E-state index contributed by atoms with van der Waals surface area (Å²) in [5, 5.41) is 11.8. The van der Waals surface area contributed by atoms with Gasteiger partial charge in [0.25, 0.3) is 0 Å². The average molecular weight is 344 g/mol. The first-order chi connectivity index (χ1) is 11.4. The number of hydrogen-bond donors (Lipinski definition) is 2. The molecule has 2 rings (SSSR count). The molecule has 0 atom stereocenters. The molecule has 1 aliphatic rings. The fraction of sp³-hybridized carbons (Fsp3) is 0.588. The molecule has 1 fully saturated rings. The van der Waals surface area contributed by atoms with Gasteiger partial charge in [-0.1, -0.05) is 26.3 Å². The van der Waals surface area contributed by atoms with Crippen LogP contribution in [0.25, 0.3) is 0 Å². The van der Waals surface area contributed by atoms with Crippen molar-refractivity contribution in [2.75, 3.05) is 12.5 Å². The molecular weight excluding hydrogens is 314 g/mol. The number of halogens is 1. The number of ether oxygens (including phenoxy) is 2. The number of rotatable bonds is 5. The van der Waals surface area contributed by atoms with E-state index in [1.54, 1.807) is 6.20 Å². The first-order valence-corrected chi connectivity index (χ1v) is 8.50. The molecule has 1 aromatic rings. The SMILES string of the molecule is C=N.CC.N=COCCCl.c1ccc(OC2CCCCC2)nc1. The molecule has 0 aliphatic heterocycles. The first kappa shape index (κ1) is 23.6. The summed E-state index contributed by atoms with van der Waals surface area (Å²) in [5.41, 5.74) is 0. The van der Waals surface area contributed by atoms with E-state index in [4.69, 9.17) is 27.2 Å². The van der Waals surface area contributed by atoms with Gasteiger partial charge in [-0.3, -0.25) is 5.41 Å². The summed E-state index contributed by atoms with van der Waals surface area (Å²) >= 11 is 5.15. The molecule has 1 aliphatic carbocycles. The number of pyridine rings is 1. The Hall–Kier alpha value is -1.62. The Morgan fingerprint density at radius 3 is 2.35 bits per heavy atom. The van der Waals surface area contributed by atoms with Crippen molar-refractivity contribution in [1.82, 2.24) is 4.98 Å². The molecule has 0 radical (unpaired) electrons. The van der Waals surface area contributed by atoms with Gasteiger partial charge in [0.1, 0.15) is 12.7 Å². The molecule has 0 unspecified atom stereocenters. The van der Waals surface area contributed by atoms with Gasteiger partial charge in [0, 0.05) is 12.3 Å². The quantitative estimate of drug-likeness (QED) is 0.344. The van der Waals surface area contributed by atoms with E-state index >= 15 is 0 Å². The maximum absolute atomic E-state index is 6.30. The summed E-state index contributed by atoms with van der Waals surface area (Å²) < 4.78 is 10.1. The standard InChI is InChI=1S/C11H15NO.C3H6ClNO.C2H6.CH3N/c1-2-6-10(7-3-1)13-11-8-4-5-9-12-11;4-1-2-6-3-5;2*1-2/h4-5,8-10H,1-3,6-7H2;3,5H,1-2H2;1-2H3;2H,1H2. The number of aromatic nitrogens is 1. The summed E-state index contributed by atoms with van der Waals surface area (Å²) in [5.74, 6) is 1.23. The Morgan fingerprint density at radius 2 is 1.91 bits per heavy atom. The van der Waals surface area contributed by atoms with Crippen molar-refractivity contribution >= 4 is 24.7 Å². The van der Waals surface area contributed by atoms with Crippen LogP contribution in [-0.2, 0) is 4.74 Å². The predicted molar refractivity (Wildman–Crippen MR) is 98.4 cm³/mol. The lowest BCUT2D eigenvalue weighted by atomic mass is 9.98. The molecule has 6 heteroatoms. The Labute approximate surface area is 145 Å². The van der Waals surface area contributed by atoms with Crippen LogP contribution in [0.3, 0.4) is 0 Å². The van der Waals surface area contributed by atoms with E-state index in [0.29, 0.717) is 18.6 Å². The molecule has 0 spiro atoms. The summed E-state index contributed by atoms with van der Waals surface area (Å²) in [6.07, 6.45) is 9.41. The third-order valence-corrected chi connectivity index (χ3v) is 2.91. The second-order valence-electron chi connectivity index (χ2n) is 4.22. The summed E-state index contributed by atoms with van der Waals surface area (Å²) in [7, 11) is 0. The zero-order valence-corrected chi connectivity index (χ0v) is 15.0. The Bertz CT molecular complexity index is 347. The minimum absolute atomic E-state index is 0.406. The molecule has 5 nitrogen and oxygen atoms in total. The van der Waals surface area contributed by atoms with Crippen molar-refractivity contribution in [1.29, 1.82) is 10.8 Å². The van der Waals surface area contributed by atoms with Gasteiger partial charge in [0.05, 0.1) is 5.88 Å². The van der Waals surface area contributed by atoms with E-state index in [0.717, 1.165) is 12.3 Å². The van der Waals surface area contributed by atoms with Gasteiger partial charge in [-0.25, -0.2) is 4.98 Å². The minimum atomic E-state index is 0.406. The van der Waals surface area contributed by atoms with E-state index in [2.05, 4.69) is 16.4 Å². The normalized spacial score (nSPS) is 12.8. The molecule has 132 valence electrons. The van der Waals surface area contributed by atoms with Crippen LogP contribution < -0.4 is 4.74 Å². The van der Waals surface area contributed by atoms with Crippen molar-refractivity contribution in [3.05, 3.63) is 24.4 Å². The second-order valence-corrected chi connectivity index (χ2v) is 4.60. The van der Waals surface area contributed by atoms with Gasteiger partial charge in [0.2, 0.25) is 5.88 Å². The third kappa shape index (κ3) is 15.1. The zero-order chi connectivity index (χ0) is 17.8. The van der Waals surface area contributed by atoms with E-state index < -0.39 is 0 Å². The fourth-order valence-corrected chi connectivity index (χ4v) is 1.96. The second kappa shape index (κ2) is 20.4. The van der Waals surface area contributed by atoms with Crippen LogP contribution in [0.15, 0.2) is 24.4 Å². The maximum Gasteiger partial charge on any atom is 0.213 e. The van der Waals surface area contributed by atoms with Crippen LogP contribution in [0.4, 0.5) is 0 Å².